The number of likely N-dealkylation sites (tertiary alicyclic amines) is 1. The first-order valence-electron chi connectivity index (χ1n) is 9.26. The Balaban J connectivity index is 2.19. The molecule has 1 heterocycles. The van der Waals surface area contributed by atoms with E-state index in [2.05, 4.69) is 5.32 Å². The Labute approximate surface area is 163 Å². The van der Waals surface area contributed by atoms with Gasteiger partial charge in [-0.1, -0.05) is 30.3 Å². The number of nitrogens with zero attached hydrogens (tertiary/aromatic N) is 1. The second-order valence-electron chi connectivity index (χ2n) is 8.15. The molecule has 1 N–H and O–H groups in total. The van der Waals surface area contributed by atoms with E-state index in [0.29, 0.717) is 6.42 Å². The number of ether oxygens (including phenoxy) is 1. The third kappa shape index (κ3) is 6.14. The monoisotopic (exact) mass is 400 g/mol. The van der Waals surface area contributed by atoms with E-state index < -0.39 is 42.3 Å². The average molecular weight is 400 g/mol. The van der Waals surface area contributed by atoms with Gasteiger partial charge in [-0.15, -0.1) is 0 Å². The van der Waals surface area contributed by atoms with Crippen molar-refractivity contribution < 1.29 is 27.5 Å². The Hall–Kier alpha value is -2.25. The molecule has 0 bridgehead atoms. The lowest BCUT2D eigenvalue weighted by molar-refractivity contribution is -0.172. The molecule has 2 rings (SSSR count). The smallest absolute Gasteiger partial charge is 0.407 e. The third-order valence-corrected chi connectivity index (χ3v) is 4.71. The molecule has 1 aromatic carbocycles. The Bertz CT molecular complexity index is 686. The summed E-state index contributed by atoms with van der Waals surface area (Å²) in [7, 11) is 0. The van der Waals surface area contributed by atoms with Crippen LogP contribution in [0, 0.1) is 5.92 Å². The van der Waals surface area contributed by atoms with Gasteiger partial charge in [0.15, 0.2) is 0 Å². The largest absolute Gasteiger partial charge is 0.444 e. The molecule has 5 nitrogen and oxygen atoms in total. The quantitative estimate of drug-likeness (QED) is 0.828. The Morgan fingerprint density at radius 2 is 1.82 bits per heavy atom. The fourth-order valence-corrected chi connectivity index (χ4v) is 3.48. The number of carbonyl (C=O) groups is 2. The van der Waals surface area contributed by atoms with Crippen LogP contribution >= 0.6 is 0 Å². The van der Waals surface area contributed by atoms with Crippen LogP contribution in [0.5, 0.6) is 0 Å². The van der Waals surface area contributed by atoms with Crippen LogP contribution in [0.15, 0.2) is 30.3 Å². The second kappa shape index (κ2) is 8.41. The van der Waals surface area contributed by atoms with E-state index in [1.807, 2.05) is 30.3 Å². The Morgan fingerprint density at radius 3 is 2.36 bits per heavy atom. The van der Waals surface area contributed by atoms with Crippen LogP contribution in [0.3, 0.4) is 0 Å². The number of halogens is 3. The molecule has 0 aromatic heterocycles. The van der Waals surface area contributed by atoms with Gasteiger partial charge in [0.1, 0.15) is 12.1 Å². The molecule has 2 unspecified atom stereocenters. The summed E-state index contributed by atoms with van der Waals surface area (Å²) in [5, 5.41) is 2.52. The molecule has 0 aliphatic carbocycles. The summed E-state index contributed by atoms with van der Waals surface area (Å²) < 4.78 is 44.3. The summed E-state index contributed by atoms with van der Waals surface area (Å²) in [5.41, 5.74) is 0.168. The maximum Gasteiger partial charge on any atom is 0.407 e. The van der Waals surface area contributed by atoms with Crippen LogP contribution in [-0.4, -0.2) is 47.8 Å². The number of rotatable bonds is 4. The molecule has 0 spiro atoms. The van der Waals surface area contributed by atoms with Crippen molar-refractivity contribution in [1.82, 2.24) is 10.2 Å². The molecule has 8 heteroatoms. The molecule has 1 aliphatic rings. The molecular weight excluding hydrogens is 373 g/mol. The van der Waals surface area contributed by atoms with Gasteiger partial charge < -0.3 is 15.0 Å². The first-order valence-corrected chi connectivity index (χ1v) is 9.26. The van der Waals surface area contributed by atoms with E-state index in [-0.39, 0.29) is 12.5 Å². The van der Waals surface area contributed by atoms with Gasteiger partial charge in [0, 0.05) is 18.5 Å². The normalized spacial score (nSPS) is 23.5. The van der Waals surface area contributed by atoms with Gasteiger partial charge in [-0.2, -0.15) is 13.2 Å². The fourth-order valence-electron chi connectivity index (χ4n) is 3.48. The molecule has 1 saturated heterocycles. The maximum absolute atomic E-state index is 13.1. The number of hydrogen-bond donors (Lipinski definition) is 1. The van der Waals surface area contributed by atoms with E-state index in [1.165, 1.54) is 0 Å². The van der Waals surface area contributed by atoms with Crippen molar-refractivity contribution in [1.29, 1.82) is 0 Å². The van der Waals surface area contributed by atoms with Crippen LogP contribution < -0.4 is 5.32 Å². The van der Waals surface area contributed by atoms with Gasteiger partial charge in [-0.05, 0) is 39.7 Å². The van der Waals surface area contributed by atoms with Crippen LogP contribution in [0.4, 0.5) is 18.0 Å². The predicted octanol–water partition coefficient (Wildman–Crippen LogP) is 4.09. The molecular formula is C20H27F3N2O3. The number of alkyl halides is 3. The minimum Gasteiger partial charge on any atom is -0.444 e. The van der Waals surface area contributed by atoms with E-state index in [4.69, 9.17) is 4.74 Å². The van der Waals surface area contributed by atoms with Gasteiger partial charge >= 0.3 is 12.3 Å². The summed E-state index contributed by atoms with van der Waals surface area (Å²) in [6.07, 6.45) is -4.84. The lowest BCUT2D eigenvalue weighted by atomic mass is 9.79. The Morgan fingerprint density at radius 1 is 1.21 bits per heavy atom. The van der Waals surface area contributed by atoms with Crippen molar-refractivity contribution in [2.75, 3.05) is 13.1 Å². The standard InChI is InChI=1S/C20H27F3N2O3/c1-13-16(14-8-6-5-7-9-14)10-15(11-24-18(27)28-19(2,3)4)17(26)25(13)12-20(21,22)23/h5-9,13,15-16H,10-12H2,1-4H3,(H,24,27)/t13?,15?,16-/m1/s1. The molecule has 28 heavy (non-hydrogen) atoms. The lowest BCUT2D eigenvalue weighted by Crippen LogP contribution is -2.55. The fraction of sp³-hybridized carbons (Fsp3) is 0.600. The van der Waals surface area contributed by atoms with Crippen molar-refractivity contribution >= 4 is 12.0 Å². The highest BCUT2D eigenvalue weighted by Crippen LogP contribution is 2.37. The van der Waals surface area contributed by atoms with Gasteiger partial charge in [-0.25, -0.2) is 4.79 Å². The highest BCUT2D eigenvalue weighted by atomic mass is 19.4. The van der Waals surface area contributed by atoms with Gasteiger partial charge in [0.05, 0.1) is 5.92 Å². The van der Waals surface area contributed by atoms with Crippen LogP contribution in [-0.2, 0) is 9.53 Å². The summed E-state index contributed by atoms with van der Waals surface area (Å²) in [4.78, 5) is 25.5. The Kier molecular flexibility index (Phi) is 6.62. The van der Waals surface area contributed by atoms with Gasteiger partial charge in [-0.3, -0.25) is 4.79 Å². The third-order valence-electron chi connectivity index (χ3n) is 4.71. The highest BCUT2D eigenvalue weighted by Gasteiger charge is 2.44. The van der Waals surface area contributed by atoms with Crippen LogP contribution in [0.25, 0.3) is 0 Å². The molecule has 0 saturated carbocycles. The number of carbonyl (C=O) groups excluding carboxylic acids is 2. The SMILES string of the molecule is CC1[C@H](c2ccccc2)CC(CNC(=O)OC(C)(C)C)C(=O)N1CC(F)(F)F. The maximum atomic E-state index is 13.1. The van der Waals surface area contributed by atoms with E-state index in [0.717, 1.165) is 10.5 Å². The zero-order chi connectivity index (χ0) is 21.1. The number of nitrogens with one attached hydrogen (secondary N) is 1. The highest BCUT2D eigenvalue weighted by molar-refractivity contribution is 5.81. The lowest BCUT2D eigenvalue weighted by Gasteiger charge is -2.43. The minimum absolute atomic E-state index is 0.0713. The molecule has 3 atom stereocenters. The number of amides is 2. The first kappa shape index (κ1) is 22.0. The number of alkyl carbamates (subject to hydrolysis) is 1. The minimum atomic E-state index is -4.49. The molecule has 156 valence electrons. The van der Waals surface area contributed by atoms with Crippen LogP contribution in [0.1, 0.15) is 45.6 Å². The van der Waals surface area contributed by atoms with Crippen molar-refractivity contribution in [2.45, 2.75) is 57.9 Å². The average Bonchev–Trinajstić information content (AvgIpc) is 2.56. The predicted molar refractivity (Wildman–Crippen MR) is 98.8 cm³/mol. The molecule has 2 amide bonds. The topological polar surface area (TPSA) is 58.6 Å². The zero-order valence-corrected chi connectivity index (χ0v) is 16.5. The zero-order valence-electron chi connectivity index (χ0n) is 16.5. The number of benzene rings is 1. The van der Waals surface area contributed by atoms with Crippen molar-refractivity contribution in [2.24, 2.45) is 5.92 Å². The summed E-state index contributed by atoms with van der Waals surface area (Å²) in [6, 6.07) is 8.56. The van der Waals surface area contributed by atoms with Crippen molar-refractivity contribution in [3.05, 3.63) is 35.9 Å². The van der Waals surface area contributed by atoms with Gasteiger partial charge in [0.25, 0.3) is 0 Å². The molecule has 1 aliphatic heterocycles. The number of hydrogen-bond acceptors (Lipinski definition) is 3. The van der Waals surface area contributed by atoms with Crippen LogP contribution in [0.2, 0.25) is 0 Å². The van der Waals surface area contributed by atoms with Gasteiger partial charge in [0.2, 0.25) is 5.91 Å². The summed E-state index contributed by atoms with van der Waals surface area (Å²) in [6.45, 7) is 5.37. The molecule has 1 fully saturated rings. The van der Waals surface area contributed by atoms with E-state index in [1.54, 1.807) is 27.7 Å². The number of piperidine rings is 1. The molecule has 1 aromatic rings. The summed E-state index contributed by atoms with van der Waals surface area (Å²) in [5.74, 6) is -1.61. The summed E-state index contributed by atoms with van der Waals surface area (Å²) >= 11 is 0. The second-order valence-corrected chi connectivity index (χ2v) is 8.15. The molecule has 0 radical (unpaired) electrons. The first-order chi connectivity index (χ1) is 12.9. The van der Waals surface area contributed by atoms with Crippen molar-refractivity contribution in [3.63, 3.8) is 0 Å². The van der Waals surface area contributed by atoms with E-state index >= 15 is 0 Å². The van der Waals surface area contributed by atoms with E-state index in [9.17, 15) is 22.8 Å². The van der Waals surface area contributed by atoms with Crippen molar-refractivity contribution in [3.8, 4) is 0 Å².